The SMILES string of the molecule is CC(C)c1cc(=O)nc(-c2cc[c]cc2)[nH]1. The first-order valence-electron chi connectivity index (χ1n) is 5.24. The lowest BCUT2D eigenvalue weighted by molar-refractivity contribution is 0.812. The van der Waals surface area contributed by atoms with Gasteiger partial charge in [-0.2, -0.15) is 4.98 Å². The predicted molar refractivity (Wildman–Crippen MR) is 63.2 cm³/mol. The smallest absolute Gasteiger partial charge is 0.273 e. The molecule has 0 aliphatic carbocycles. The van der Waals surface area contributed by atoms with Crippen LogP contribution in [0, 0.1) is 6.07 Å². The molecule has 0 saturated carbocycles. The Morgan fingerprint density at radius 1 is 1.31 bits per heavy atom. The number of nitrogens with zero attached hydrogens (tertiary/aromatic N) is 1. The van der Waals surface area contributed by atoms with Crippen molar-refractivity contribution >= 4 is 0 Å². The average molecular weight is 213 g/mol. The minimum absolute atomic E-state index is 0.203. The van der Waals surface area contributed by atoms with Gasteiger partial charge in [0.2, 0.25) is 0 Å². The summed E-state index contributed by atoms with van der Waals surface area (Å²) in [6, 6.07) is 11.8. The van der Waals surface area contributed by atoms with E-state index in [4.69, 9.17) is 0 Å². The van der Waals surface area contributed by atoms with Crippen molar-refractivity contribution in [3.05, 3.63) is 52.4 Å². The Balaban J connectivity index is 2.54. The second-order valence-corrected chi connectivity index (χ2v) is 3.97. The van der Waals surface area contributed by atoms with E-state index in [0.29, 0.717) is 5.82 Å². The van der Waals surface area contributed by atoms with Gasteiger partial charge in [0.05, 0.1) is 0 Å². The van der Waals surface area contributed by atoms with Crippen LogP contribution in [0.25, 0.3) is 11.4 Å². The van der Waals surface area contributed by atoms with E-state index in [1.54, 1.807) is 18.2 Å². The molecule has 0 fully saturated rings. The van der Waals surface area contributed by atoms with Crippen molar-refractivity contribution in [1.29, 1.82) is 0 Å². The van der Waals surface area contributed by atoms with E-state index in [1.165, 1.54) is 0 Å². The molecular formula is C13H13N2O. The molecule has 3 heteroatoms. The minimum Gasteiger partial charge on any atom is -0.343 e. The zero-order valence-corrected chi connectivity index (χ0v) is 9.32. The van der Waals surface area contributed by atoms with Crippen LogP contribution < -0.4 is 5.56 Å². The molecule has 0 spiro atoms. The fraction of sp³-hybridized carbons (Fsp3) is 0.231. The van der Waals surface area contributed by atoms with E-state index in [2.05, 4.69) is 16.0 Å². The molecule has 1 aromatic heterocycles. The fourth-order valence-corrected chi connectivity index (χ4v) is 1.47. The summed E-state index contributed by atoms with van der Waals surface area (Å²) in [5, 5.41) is 0. The lowest BCUT2D eigenvalue weighted by Crippen LogP contribution is -2.11. The minimum atomic E-state index is -0.203. The third kappa shape index (κ3) is 2.19. The molecule has 1 radical (unpaired) electrons. The highest BCUT2D eigenvalue weighted by Crippen LogP contribution is 2.15. The highest BCUT2D eigenvalue weighted by molar-refractivity contribution is 5.54. The molecule has 0 bridgehead atoms. The molecule has 1 N–H and O–H groups in total. The van der Waals surface area contributed by atoms with E-state index in [9.17, 15) is 4.79 Å². The maximum Gasteiger partial charge on any atom is 0.273 e. The molecule has 81 valence electrons. The highest BCUT2D eigenvalue weighted by Gasteiger charge is 2.05. The summed E-state index contributed by atoms with van der Waals surface area (Å²) in [5.74, 6) is 0.898. The molecule has 1 heterocycles. The van der Waals surface area contributed by atoms with Gasteiger partial charge in [-0.05, 0) is 12.0 Å². The number of rotatable bonds is 2. The lowest BCUT2D eigenvalue weighted by atomic mass is 10.1. The van der Waals surface area contributed by atoms with Gasteiger partial charge < -0.3 is 4.98 Å². The van der Waals surface area contributed by atoms with Crippen LogP contribution >= 0.6 is 0 Å². The Bertz CT molecular complexity index is 529. The van der Waals surface area contributed by atoms with Crippen molar-refractivity contribution < 1.29 is 0 Å². The van der Waals surface area contributed by atoms with E-state index < -0.39 is 0 Å². The second kappa shape index (κ2) is 4.31. The molecule has 3 nitrogen and oxygen atoms in total. The Kier molecular flexibility index (Phi) is 2.86. The number of nitrogens with one attached hydrogen (secondary N) is 1. The third-order valence-corrected chi connectivity index (χ3v) is 2.38. The van der Waals surface area contributed by atoms with Crippen LogP contribution in [-0.2, 0) is 0 Å². The highest BCUT2D eigenvalue weighted by atomic mass is 16.1. The normalized spacial score (nSPS) is 10.7. The van der Waals surface area contributed by atoms with Crippen LogP contribution in [0.1, 0.15) is 25.5 Å². The van der Waals surface area contributed by atoms with Crippen LogP contribution in [0.4, 0.5) is 0 Å². The van der Waals surface area contributed by atoms with Crippen LogP contribution in [-0.4, -0.2) is 9.97 Å². The molecular weight excluding hydrogens is 200 g/mol. The molecule has 0 aliphatic rings. The average Bonchev–Trinajstić information content (AvgIpc) is 2.29. The van der Waals surface area contributed by atoms with Gasteiger partial charge in [0, 0.05) is 17.3 Å². The summed E-state index contributed by atoms with van der Waals surface area (Å²) in [6.45, 7) is 4.07. The van der Waals surface area contributed by atoms with Crippen LogP contribution in [0.2, 0.25) is 0 Å². The molecule has 2 rings (SSSR count). The standard InChI is InChI=1S/C13H13N2O/c1-9(2)11-8-12(16)15-13(14-11)10-6-4-3-5-7-10/h4-9H,1-2H3,(H,14,15,16). The van der Waals surface area contributed by atoms with Gasteiger partial charge in [0.1, 0.15) is 5.82 Å². The Morgan fingerprint density at radius 2 is 2.00 bits per heavy atom. The fourth-order valence-electron chi connectivity index (χ4n) is 1.47. The lowest BCUT2D eigenvalue weighted by Gasteiger charge is -2.07. The maximum absolute atomic E-state index is 11.4. The number of aromatic amines is 1. The summed E-state index contributed by atoms with van der Waals surface area (Å²) in [7, 11) is 0. The molecule has 0 amide bonds. The van der Waals surface area contributed by atoms with Gasteiger partial charge in [-0.1, -0.05) is 38.1 Å². The van der Waals surface area contributed by atoms with Gasteiger partial charge in [-0.3, -0.25) is 4.79 Å². The topological polar surface area (TPSA) is 45.8 Å². The number of H-pyrrole nitrogens is 1. The molecule has 0 unspecified atom stereocenters. The van der Waals surface area contributed by atoms with Crippen LogP contribution in [0.5, 0.6) is 0 Å². The number of hydrogen-bond donors (Lipinski definition) is 1. The quantitative estimate of drug-likeness (QED) is 0.832. The van der Waals surface area contributed by atoms with Crippen molar-refractivity contribution in [2.24, 2.45) is 0 Å². The number of hydrogen-bond acceptors (Lipinski definition) is 2. The van der Waals surface area contributed by atoms with Gasteiger partial charge in [-0.15, -0.1) is 0 Å². The predicted octanol–water partition coefficient (Wildman–Crippen LogP) is 2.36. The van der Waals surface area contributed by atoms with E-state index in [-0.39, 0.29) is 11.5 Å². The zero-order valence-electron chi connectivity index (χ0n) is 9.32. The van der Waals surface area contributed by atoms with Crippen LogP contribution in [0.3, 0.4) is 0 Å². The number of aromatic nitrogens is 2. The van der Waals surface area contributed by atoms with E-state index in [0.717, 1.165) is 11.3 Å². The van der Waals surface area contributed by atoms with Crippen molar-refractivity contribution in [3.63, 3.8) is 0 Å². The largest absolute Gasteiger partial charge is 0.343 e. The van der Waals surface area contributed by atoms with Gasteiger partial charge in [0.15, 0.2) is 0 Å². The molecule has 1 aromatic carbocycles. The molecule has 2 aromatic rings. The Morgan fingerprint density at radius 3 is 2.62 bits per heavy atom. The maximum atomic E-state index is 11.4. The van der Waals surface area contributed by atoms with Crippen molar-refractivity contribution in [1.82, 2.24) is 9.97 Å². The summed E-state index contributed by atoms with van der Waals surface area (Å²) in [4.78, 5) is 18.6. The summed E-state index contributed by atoms with van der Waals surface area (Å²) < 4.78 is 0. The van der Waals surface area contributed by atoms with Crippen molar-refractivity contribution in [2.45, 2.75) is 19.8 Å². The third-order valence-electron chi connectivity index (χ3n) is 2.38. The Hall–Kier alpha value is -1.90. The second-order valence-electron chi connectivity index (χ2n) is 3.97. The Labute approximate surface area is 94.2 Å². The van der Waals surface area contributed by atoms with Gasteiger partial charge >= 0.3 is 0 Å². The van der Waals surface area contributed by atoms with Gasteiger partial charge in [-0.25, -0.2) is 0 Å². The first-order chi connectivity index (χ1) is 7.66. The molecule has 16 heavy (non-hydrogen) atoms. The molecule has 0 atom stereocenters. The van der Waals surface area contributed by atoms with Gasteiger partial charge in [0.25, 0.3) is 5.56 Å². The van der Waals surface area contributed by atoms with Crippen molar-refractivity contribution in [3.8, 4) is 11.4 Å². The molecule has 0 aliphatic heterocycles. The first-order valence-corrected chi connectivity index (χ1v) is 5.24. The summed E-state index contributed by atoms with van der Waals surface area (Å²) in [5.41, 5.74) is 1.60. The van der Waals surface area contributed by atoms with E-state index >= 15 is 0 Å². The zero-order chi connectivity index (χ0) is 11.5. The van der Waals surface area contributed by atoms with Crippen molar-refractivity contribution in [2.75, 3.05) is 0 Å². The monoisotopic (exact) mass is 213 g/mol. The van der Waals surface area contributed by atoms with E-state index in [1.807, 2.05) is 26.0 Å². The summed E-state index contributed by atoms with van der Waals surface area (Å²) >= 11 is 0. The number of benzene rings is 1. The van der Waals surface area contributed by atoms with Crippen LogP contribution in [0.15, 0.2) is 35.1 Å². The molecule has 0 saturated heterocycles. The first kappa shape index (κ1) is 10.6. The summed E-state index contributed by atoms with van der Waals surface area (Å²) in [6.07, 6.45) is 0.